The molecule has 1 saturated heterocycles. The van der Waals surface area contributed by atoms with Gasteiger partial charge in [-0.05, 0) is 29.5 Å². The molecule has 0 bridgehead atoms. The summed E-state index contributed by atoms with van der Waals surface area (Å²) in [7, 11) is 2.27. The predicted octanol–water partition coefficient (Wildman–Crippen LogP) is 2.81. The largest absolute Gasteiger partial charge is 0.359 e. The van der Waals surface area contributed by atoms with Crippen molar-refractivity contribution in [1.82, 2.24) is 4.98 Å². The van der Waals surface area contributed by atoms with Gasteiger partial charge in [-0.15, -0.1) is 0 Å². The molecule has 4 nitrogen and oxygen atoms in total. The van der Waals surface area contributed by atoms with E-state index in [0.717, 1.165) is 54.6 Å². The number of hydrogen-bond donors (Lipinski definition) is 2. The highest BCUT2D eigenvalue weighted by Crippen LogP contribution is 2.43. The van der Waals surface area contributed by atoms with Crippen LogP contribution < -0.4 is 9.80 Å². The molecule has 5 rings (SSSR count). The number of hydrogen-bond acceptors (Lipinski definition) is 2. The average molecular weight is 362 g/mol. The number of likely N-dealkylation sites (N-methyl/N-ethyl adjacent to an activating group) is 1. The van der Waals surface area contributed by atoms with Gasteiger partial charge in [0.15, 0.2) is 5.78 Å². The number of piperazine rings is 1. The highest BCUT2D eigenvalue weighted by atomic mass is 16.1. The third-order valence-electron chi connectivity index (χ3n) is 6.39. The second kappa shape index (κ2) is 5.83. The Labute approximate surface area is 160 Å². The molecule has 1 aromatic heterocycles. The van der Waals surface area contributed by atoms with Crippen LogP contribution in [0.2, 0.25) is 0 Å². The van der Waals surface area contributed by atoms with Gasteiger partial charge in [0.05, 0.1) is 44.4 Å². The fourth-order valence-electron chi connectivity index (χ4n) is 5.00. The Morgan fingerprint density at radius 2 is 1.85 bits per heavy atom. The summed E-state index contributed by atoms with van der Waals surface area (Å²) in [6.07, 6.45) is 1.60. The van der Waals surface area contributed by atoms with Crippen LogP contribution in [0.5, 0.6) is 0 Å². The molecule has 0 saturated carbocycles. The van der Waals surface area contributed by atoms with Gasteiger partial charge in [0.25, 0.3) is 0 Å². The zero-order valence-corrected chi connectivity index (χ0v) is 16.5. The molecule has 2 aromatic carbocycles. The van der Waals surface area contributed by atoms with Crippen LogP contribution >= 0.6 is 0 Å². The van der Waals surface area contributed by atoms with Crippen molar-refractivity contribution < 1.29 is 9.69 Å². The van der Waals surface area contributed by atoms with Crippen LogP contribution in [0.1, 0.15) is 36.2 Å². The number of para-hydroxylation sites is 1. The lowest BCUT2D eigenvalue weighted by molar-refractivity contribution is -0.880. The third-order valence-corrected chi connectivity index (χ3v) is 6.39. The lowest BCUT2D eigenvalue weighted by Gasteiger charge is -2.35. The Morgan fingerprint density at radius 1 is 1.11 bits per heavy atom. The second-order valence-electron chi connectivity index (χ2n) is 9.24. The Hall–Kier alpha value is -2.33. The smallest absolute Gasteiger partial charge is 0.164 e. The summed E-state index contributed by atoms with van der Waals surface area (Å²) in [6, 6.07) is 10.7. The molecule has 0 spiro atoms. The van der Waals surface area contributed by atoms with Crippen molar-refractivity contribution in [3.05, 3.63) is 41.5 Å². The number of aromatic amines is 1. The minimum Gasteiger partial charge on any atom is -0.359 e. The standard InChI is InChI=1S/C23H27N3O/c1-23(2)13-15-12-18(26-10-8-25(3)9-11-26)22-21(20(15)19(27)14-23)16-6-4-5-7-17(16)24-22/h4-7,12,24H,8-11,13-14H2,1-3H3/p+1. The van der Waals surface area contributed by atoms with E-state index in [1.807, 2.05) is 0 Å². The first-order chi connectivity index (χ1) is 12.9. The van der Waals surface area contributed by atoms with Gasteiger partial charge in [-0.2, -0.15) is 0 Å². The quantitative estimate of drug-likeness (QED) is 0.699. The Balaban J connectivity index is 1.81. The molecule has 1 aliphatic carbocycles. The van der Waals surface area contributed by atoms with Gasteiger partial charge in [-0.3, -0.25) is 4.79 Å². The number of benzene rings is 2. The van der Waals surface area contributed by atoms with Crippen molar-refractivity contribution in [2.75, 3.05) is 38.1 Å². The lowest BCUT2D eigenvalue weighted by atomic mass is 9.72. The number of aromatic nitrogens is 1. The van der Waals surface area contributed by atoms with E-state index < -0.39 is 0 Å². The Morgan fingerprint density at radius 3 is 2.63 bits per heavy atom. The SMILES string of the molecule is C[NH+]1CCN(c2cc3c(c4c2[nH]c2ccccc24)C(=O)CC(C)(C)C3)CC1. The maximum absolute atomic E-state index is 13.2. The van der Waals surface area contributed by atoms with Crippen molar-refractivity contribution in [3.8, 4) is 0 Å². The van der Waals surface area contributed by atoms with E-state index in [4.69, 9.17) is 0 Å². The van der Waals surface area contributed by atoms with Crippen LogP contribution in [0.3, 0.4) is 0 Å². The van der Waals surface area contributed by atoms with Gasteiger partial charge in [-0.1, -0.05) is 32.0 Å². The fourth-order valence-corrected chi connectivity index (χ4v) is 5.00. The number of rotatable bonds is 1. The number of anilines is 1. The van der Waals surface area contributed by atoms with Crippen molar-refractivity contribution in [2.24, 2.45) is 5.41 Å². The van der Waals surface area contributed by atoms with Gasteiger partial charge < -0.3 is 14.8 Å². The van der Waals surface area contributed by atoms with Gasteiger partial charge in [0.2, 0.25) is 0 Å². The first kappa shape index (κ1) is 16.8. The minimum atomic E-state index is 0.0351. The number of H-pyrrole nitrogens is 1. The van der Waals surface area contributed by atoms with E-state index in [-0.39, 0.29) is 5.41 Å². The number of carbonyl (C=O) groups is 1. The number of quaternary nitrogens is 1. The first-order valence-electron chi connectivity index (χ1n) is 10.1. The van der Waals surface area contributed by atoms with E-state index in [1.54, 1.807) is 4.90 Å². The van der Waals surface area contributed by atoms with Crippen molar-refractivity contribution in [3.63, 3.8) is 0 Å². The molecule has 1 aliphatic heterocycles. The number of ketones is 1. The van der Waals surface area contributed by atoms with Gasteiger partial charge >= 0.3 is 0 Å². The highest BCUT2D eigenvalue weighted by Gasteiger charge is 2.34. The number of carbonyl (C=O) groups excluding carboxylic acids is 1. The van der Waals surface area contributed by atoms with Crippen LogP contribution in [-0.4, -0.2) is 44.0 Å². The first-order valence-corrected chi connectivity index (χ1v) is 10.1. The van der Waals surface area contributed by atoms with Crippen LogP contribution in [0, 0.1) is 5.41 Å². The summed E-state index contributed by atoms with van der Waals surface area (Å²) in [6.45, 7) is 8.86. The number of Topliss-reactive ketones (excluding diaryl/α,β-unsaturated/α-hetero) is 1. The van der Waals surface area contributed by atoms with Gasteiger partial charge in [0, 0.05) is 28.3 Å². The van der Waals surface area contributed by atoms with E-state index in [9.17, 15) is 4.79 Å². The molecule has 0 atom stereocenters. The summed E-state index contributed by atoms with van der Waals surface area (Å²) < 4.78 is 0. The van der Waals surface area contributed by atoms with Crippen molar-refractivity contribution in [1.29, 1.82) is 0 Å². The lowest BCUT2D eigenvalue weighted by Crippen LogP contribution is -3.12. The minimum absolute atomic E-state index is 0.0351. The highest BCUT2D eigenvalue weighted by molar-refractivity contribution is 6.22. The molecule has 2 aliphatic rings. The maximum atomic E-state index is 13.2. The zero-order valence-electron chi connectivity index (χ0n) is 16.5. The molecule has 1 fully saturated rings. The molecule has 2 heterocycles. The van der Waals surface area contributed by atoms with Crippen molar-refractivity contribution >= 4 is 33.3 Å². The molecular weight excluding hydrogens is 334 g/mol. The van der Waals surface area contributed by atoms with E-state index in [1.165, 1.54) is 16.6 Å². The molecule has 0 amide bonds. The van der Waals surface area contributed by atoms with Crippen LogP contribution in [0.4, 0.5) is 5.69 Å². The summed E-state index contributed by atoms with van der Waals surface area (Å²) in [5, 5.41) is 2.32. The van der Waals surface area contributed by atoms with Gasteiger partial charge in [0.1, 0.15) is 0 Å². The van der Waals surface area contributed by atoms with E-state index >= 15 is 0 Å². The van der Waals surface area contributed by atoms with Gasteiger partial charge in [-0.25, -0.2) is 0 Å². The average Bonchev–Trinajstić information content (AvgIpc) is 3.00. The zero-order chi connectivity index (χ0) is 18.8. The number of nitrogens with one attached hydrogen (secondary N) is 2. The third kappa shape index (κ3) is 2.66. The molecule has 0 radical (unpaired) electrons. The molecule has 27 heavy (non-hydrogen) atoms. The second-order valence-corrected chi connectivity index (χ2v) is 9.24. The molecule has 2 N–H and O–H groups in total. The predicted molar refractivity (Wildman–Crippen MR) is 111 cm³/mol. The summed E-state index contributed by atoms with van der Waals surface area (Å²) in [4.78, 5) is 20.9. The molecule has 4 heteroatoms. The van der Waals surface area contributed by atoms with Crippen molar-refractivity contribution in [2.45, 2.75) is 26.7 Å². The van der Waals surface area contributed by atoms with Crippen LogP contribution in [0.25, 0.3) is 21.8 Å². The Bertz CT molecular complexity index is 1050. The summed E-state index contributed by atoms with van der Waals surface area (Å²) in [5.41, 5.74) is 5.77. The normalized spacial score (nSPS) is 20.4. The molecular formula is C23H28N3O+. The molecule has 0 unspecified atom stereocenters. The monoisotopic (exact) mass is 362 g/mol. The number of fused-ring (bicyclic) bond motifs is 5. The fraction of sp³-hybridized carbons (Fsp3) is 0.435. The topological polar surface area (TPSA) is 40.5 Å². The Kier molecular flexibility index (Phi) is 3.63. The molecule has 140 valence electrons. The van der Waals surface area contributed by atoms with E-state index in [2.05, 4.69) is 61.1 Å². The summed E-state index contributed by atoms with van der Waals surface area (Å²) >= 11 is 0. The molecule has 3 aromatic rings. The van der Waals surface area contributed by atoms with Crippen LogP contribution in [-0.2, 0) is 6.42 Å². The number of nitrogens with zero attached hydrogens (tertiary/aromatic N) is 1. The summed E-state index contributed by atoms with van der Waals surface area (Å²) in [5.74, 6) is 0.297. The van der Waals surface area contributed by atoms with Crippen LogP contribution in [0.15, 0.2) is 30.3 Å². The van der Waals surface area contributed by atoms with E-state index in [0.29, 0.717) is 12.2 Å². The maximum Gasteiger partial charge on any atom is 0.164 e.